The maximum atomic E-state index is 2.20. The van der Waals surface area contributed by atoms with Crippen LogP contribution in [0.25, 0.3) is 10.8 Å². The number of hydrogen-bond acceptors (Lipinski definition) is 0. The van der Waals surface area contributed by atoms with Crippen LogP contribution in [0.2, 0.25) is 0 Å². The van der Waals surface area contributed by atoms with Gasteiger partial charge in [0.05, 0.1) is 0 Å². The molecule has 2 rings (SSSR count). The maximum Gasteiger partial charge on any atom is 0 e. The van der Waals surface area contributed by atoms with Crippen molar-refractivity contribution < 1.29 is 0 Å². The van der Waals surface area contributed by atoms with Crippen molar-refractivity contribution in [3.8, 4) is 0 Å². The molecular weight excluding hydrogens is 139 g/mol. The summed E-state index contributed by atoms with van der Waals surface area (Å²) in [5, 5.41) is 2.64. The minimum atomic E-state index is 0. The molecule has 12 heavy (non-hydrogen) atoms. The smallest absolute Gasteiger partial charge is 0 e. The Labute approximate surface area is 84.8 Å². The molecule has 0 unspecified atom stereocenters. The Bertz CT molecular complexity index is 379. The molecule has 0 aromatic heterocycles. The fraction of sp³-hybridized carbons (Fsp3) is 0.0909. The summed E-state index contributed by atoms with van der Waals surface area (Å²) in [4.78, 5) is 0. The summed E-state index contributed by atoms with van der Waals surface area (Å²) in [6.45, 7) is 2.12. The summed E-state index contributed by atoms with van der Waals surface area (Å²) in [6, 6.07) is 14.9. The van der Waals surface area contributed by atoms with Crippen LogP contribution in [0.4, 0.5) is 0 Å². The van der Waals surface area contributed by atoms with Gasteiger partial charge < -0.3 is 0 Å². The molecule has 0 aliphatic rings. The van der Waals surface area contributed by atoms with Gasteiger partial charge in [-0.3, -0.25) is 0 Å². The van der Waals surface area contributed by atoms with E-state index in [0.29, 0.717) is 0 Å². The Balaban J connectivity index is 0.000000720. The van der Waals surface area contributed by atoms with E-state index >= 15 is 0 Å². The van der Waals surface area contributed by atoms with Gasteiger partial charge in [0.2, 0.25) is 0 Å². The maximum absolute atomic E-state index is 2.20. The minimum absolute atomic E-state index is 0. The Morgan fingerprint density at radius 1 is 0.833 bits per heavy atom. The van der Waals surface area contributed by atoms with Crippen molar-refractivity contribution in [1.82, 2.24) is 0 Å². The molecule has 0 spiro atoms. The first kappa shape index (κ1) is 9.39. The molecule has 0 amide bonds. The standard InChI is InChI=1S/C11H10.Li/c1-9-6-7-10-4-2-3-5-11(10)8-9;/h2-8H,1H3;. The summed E-state index contributed by atoms with van der Waals surface area (Å²) in [5.41, 5.74) is 1.32. The molecule has 0 saturated carbocycles. The van der Waals surface area contributed by atoms with Gasteiger partial charge in [-0.15, -0.1) is 0 Å². The quantitative estimate of drug-likeness (QED) is 0.505. The van der Waals surface area contributed by atoms with Crippen LogP contribution >= 0.6 is 0 Å². The second-order valence-electron chi connectivity index (χ2n) is 2.85. The zero-order valence-corrected chi connectivity index (χ0v) is 7.54. The van der Waals surface area contributed by atoms with E-state index in [2.05, 4.69) is 49.4 Å². The topological polar surface area (TPSA) is 0 Å². The van der Waals surface area contributed by atoms with Crippen molar-refractivity contribution in [3.63, 3.8) is 0 Å². The van der Waals surface area contributed by atoms with Gasteiger partial charge in [-0.25, -0.2) is 0 Å². The van der Waals surface area contributed by atoms with E-state index in [0.717, 1.165) is 0 Å². The Hall–Kier alpha value is -0.703. The molecule has 0 fully saturated rings. The second kappa shape index (κ2) is 3.80. The van der Waals surface area contributed by atoms with Crippen molar-refractivity contribution in [2.24, 2.45) is 0 Å². The van der Waals surface area contributed by atoms with Crippen LogP contribution in [-0.4, -0.2) is 18.9 Å². The van der Waals surface area contributed by atoms with E-state index in [1.165, 1.54) is 16.3 Å². The number of benzene rings is 2. The predicted molar refractivity (Wildman–Crippen MR) is 54.4 cm³/mol. The zero-order valence-electron chi connectivity index (χ0n) is 7.54. The average molecular weight is 149 g/mol. The van der Waals surface area contributed by atoms with Crippen LogP contribution in [0.5, 0.6) is 0 Å². The molecule has 1 heteroatoms. The number of rotatable bonds is 0. The molecule has 2 aromatic rings. The molecule has 0 N–H and O–H groups in total. The summed E-state index contributed by atoms with van der Waals surface area (Å²) >= 11 is 0. The number of fused-ring (bicyclic) bond motifs is 1. The molecule has 0 nitrogen and oxygen atoms in total. The molecule has 0 heterocycles. The van der Waals surface area contributed by atoms with Crippen LogP contribution in [0, 0.1) is 6.92 Å². The van der Waals surface area contributed by atoms with E-state index in [-0.39, 0.29) is 18.9 Å². The zero-order chi connectivity index (χ0) is 7.68. The van der Waals surface area contributed by atoms with E-state index in [4.69, 9.17) is 0 Å². The normalized spacial score (nSPS) is 9.42. The number of aryl methyl sites for hydroxylation is 1. The van der Waals surface area contributed by atoms with Crippen molar-refractivity contribution >= 4 is 29.6 Å². The van der Waals surface area contributed by atoms with Gasteiger partial charge in [0.1, 0.15) is 0 Å². The summed E-state index contributed by atoms with van der Waals surface area (Å²) in [6.07, 6.45) is 0. The molecule has 1 radical (unpaired) electrons. The van der Waals surface area contributed by atoms with Crippen molar-refractivity contribution in [2.75, 3.05) is 0 Å². The third kappa shape index (κ3) is 1.72. The first-order valence-corrected chi connectivity index (χ1v) is 3.82. The van der Waals surface area contributed by atoms with Gasteiger partial charge >= 0.3 is 0 Å². The predicted octanol–water partition coefficient (Wildman–Crippen LogP) is 2.77. The third-order valence-corrected chi connectivity index (χ3v) is 1.90. The third-order valence-electron chi connectivity index (χ3n) is 1.90. The largest absolute Gasteiger partial charge is 0.0616 e. The Morgan fingerprint density at radius 2 is 1.50 bits per heavy atom. The van der Waals surface area contributed by atoms with E-state index in [1.54, 1.807) is 0 Å². The summed E-state index contributed by atoms with van der Waals surface area (Å²) < 4.78 is 0. The molecule has 0 atom stereocenters. The first-order valence-electron chi connectivity index (χ1n) is 3.82. The van der Waals surface area contributed by atoms with E-state index in [9.17, 15) is 0 Å². The average Bonchev–Trinajstić information content (AvgIpc) is 2.04. The van der Waals surface area contributed by atoms with Gasteiger partial charge in [-0.05, 0) is 17.7 Å². The SMILES string of the molecule is Cc1ccc2ccccc2c1.[Li]. The summed E-state index contributed by atoms with van der Waals surface area (Å²) in [5.74, 6) is 0. The molecular formula is C11H10Li. The van der Waals surface area contributed by atoms with Crippen LogP contribution in [0.1, 0.15) is 5.56 Å². The molecule has 2 aromatic carbocycles. The second-order valence-corrected chi connectivity index (χ2v) is 2.85. The van der Waals surface area contributed by atoms with Crippen LogP contribution in [-0.2, 0) is 0 Å². The van der Waals surface area contributed by atoms with Gasteiger partial charge in [-0.1, -0.05) is 48.0 Å². The van der Waals surface area contributed by atoms with Crippen LogP contribution in [0.3, 0.4) is 0 Å². The van der Waals surface area contributed by atoms with Crippen LogP contribution < -0.4 is 0 Å². The van der Waals surface area contributed by atoms with Gasteiger partial charge in [0, 0.05) is 18.9 Å². The summed E-state index contributed by atoms with van der Waals surface area (Å²) in [7, 11) is 0. The van der Waals surface area contributed by atoms with Gasteiger partial charge in [-0.2, -0.15) is 0 Å². The van der Waals surface area contributed by atoms with E-state index in [1.807, 2.05) is 0 Å². The van der Waals surface area contributed by atoms with Crippen molar-refractivity contribution in [1.29, 1.82) is 0 Å². The Kier molecular flexibility index (Phi) is 2.98. The molecule has 0 aliphatic carbocycles. The molecule has 0 saturated heterocycles. The van der Waals surface area contributed by atoms with E-state index < -0.39 is 0 Å². The van der Waals surface area contributed by atoms with Gasteiger partial charge in [0.15, 0.2) is 0 Å². The van der Waals surface area contributed by atoms with Crippen molar-refractivity contribution in [3.05, 3.63) is 48.0 Å². The number of hydrogen-bond donors (Lipinski definition) is 0. The Morgan fingerprint density at radius 3 is 2.25 bits per heavy atom. The fourth-order valence-corrected chi connectivity index (χ4v) is 1.31. The van der Waals surface area contributed by atoms with Crippen LogP contribution in [0.15, 0.2) is 42.5 Å². The molecule has 0 aliphatic heterocycles. The molecule has 0 bridgehead atoms. The monoisotopic (exact) mass is 149 g/mol. The molecule has 55 valence electrons. The fourth-order valence-electron chi connectivity index (χ4n) is 1.31. The van der Waals surface area contributed by atoms with Crippen molar-refractivity contribution in [2.45, 2.75) is 6.92 Å². The first-order chi connectivity index (χ1) is 5.36. The van der Waals surface area contributed by atoms with Gasteiger partial charge in [0.25, 0.3) is 0 Å². The minimum Gasteiger partial charge on any atom is -0.0616 e.